The number of hydrogen-bond donors (Lipinski definition) is 2. The molecule has 1 aromatic carbocycles. The molecule has 0 saturated heterocycles. The van der Waals surface area contributed by atoms with Crippen LogP contribution in [0.5, 0.6) is 0 Å². The summed E-state index contributed by atoms with van der Waals surface area (Å²) < 4.78 is 1.55. The van der Waals surface area contributed by atoms with Gasteiger partial charge in [0.1, 0.15) is 12.7 Å². The van der Waals surface area contributed by atoms with Gasteiger partial charge in [-0.3, -0.25) is 4.79 Å². The zero-order valence-corrected chi connectivity index (χ0v) is 11.1. The standard InChI is InChI=1S/C12H14ClN5O/c1-8(14)4-12(19)17-10-5-9(13)2-3-11(10)18-7-15-6-16-18/h2-3,5-8H,4,14H2,1H3,(H,17,19). The maximum atomic E-state index is 11.8. The van der Waals surface area contributed by atoms with Crippen molar-refractivity contribution >= 4 is 23.2 Å². The van der Waals surface area contributed by atoms with E-state index in [2.05, 4.69) is 15.4 Å². The quantitative estimate of drug-likeness (QED) is 0.890. The molecule has 0 radical (unpaired) electrons. The molecular weight excluding hydrogens is 266 g/mol. The predicted octanol–water partition coefficient (Wildman–Crippen LogP) is 1.60. The summed E-state index contributed by atoms with van der Waals surface area (Å²) in [4.78, 5) is 15.7. The zero-order valence-electron chi connectivity index (χ0n) is 10.4. The van der Waals surface area contributed by atoms with Gasteiger partial charge in [0, 0.05) is 17.5 Å². The van der Waals surface area contributed by atoms with E-state index >= 15 is 0 Å². The number of aromatic nitrogens is 3. The zero-order chi connectivity index (χ0) is 13.8. The summed E-state index contributed by atoms with van der Waals surface area (Å²) in [5.74, 6) is -0.168. The molecule has 0 aliphatic rings. The monoisotopic (exact) mass is 279 g/mol. The van der Waals surface area contributed by atoms with Gasteiger partial charge in [-0.2, -0.15) is 5.10 Å². The first-order valence-corrected chi connectivity index (χ1v) is 6.14. The molecule has 2 aromatic rings. The highest BCUT2D eigenvalue weighted by Crippen LogP contribution is 2.24. The predicted molar refractivity (Wildman–Crippen MR) is 73.3 cm³/mol. The van der Waals surface area contributed by atoms with Crippen molar-refractivity contribution in [1.29, 1.82) is 0 Å². The molecule has 19 heavy (non-hydrogen) atoms. The molecule has 0 bridgehead atoms. The lowest BCUT2D eigenvalue weighted by Crippen LogP contribution is -2.24. The third-order valence-corrected chi connectivity index (χ3v) is 2.64. The van der Waals surface area contributed by atoms with E-state index in [9.17, 15) is 4.79 Å². The number of carbonyl (C=O) groups is 1. The first-order valence-electron chi connectivity index (χ1n) is 5.76. The van der Waals surface area contributed by atoms with E-state index < -0.39 is 0 Å². The number of nitrogens with zero attached hydrogens (tertiary/aromatic N) is 3. The summed E-state index contributed by atoms with van der Waals surface area (Å²) >= 11 is 5.95. The molecule has 1 amide bonds. The molecular formula is C12H14ClN5O. The van der Waals surface area contributed by atoms with Crippen LogP contribution in [0.4, 0.5) is 5.69 Å². The SMILES string of the molecule is CC(N)CC(=O)Nc1cc(Cl)ccc1-n1cncn1. The number of anilines is 1. The third kappa shape index (κ3) is 3.52. The van der Waals surface area contributed by atoms with Crippen molar-refractivity contribution in [2.45, 2.75) is 19.4 Å². The Morgan fingerprint density at radius 1 is 1.58 bits per heavy atom. The van der Waals surface area contributed by atoms with E-state index in [1.165, 1.54) is 6.33 Å². The van der Waals surface area contributed by atoms with Crippen molar-refractivity contribution in [2.24, 2.45) is 5.73 Å². The number of amides is 1. The molecule has 1 unspecified atom stereocenters. The second kappa shape index (κ2) is 5.81. The van der Waals surface area contributed by atoms with Crippen LogP contribution in [-0.4, -0.2) is 26.7 Å². The van der Waals surface area contributed by atoms with Crippen molar-refractivity contribution in [3.8, 4) is 5.69 Å². The summed E-state index contributed by atoms with van der Waals surface area (Å²) in [5, 5.41) is 7.34. The highest BCUT2D eigenvalue weighted by molar-refractivity contribution is 6.31. The van der Waals surface area contributed by atoms with Gasteiger partial charge < -0.3 is 11.1 Å². The summed E-state index contributed by atoms with van der Waals surface area (Å²) in [7, 11) is 0. The molecule has 6 nitrogen and oxygen atoms in total. The molecule has 3 N–H and O–H groups in total. The maximum absolute atomic E-state index is 11.8. The van der Waals surface area contributed by atoms with Gasteiger partial charge in [-0.25, -0.2) is 9.67 Å². The second-order valence-corrected chi connectivity index (χ2v) is 4.67. The number of halogens is 1. The average Bonchev–Trinajstić information content (AvgIpc) is 2.81. The third-order valence-electron chi connectivity index (χ3n) is 2.41. The normalized spacial score (nSPS) is 12.2. The van der Waals surface area contributed by atoms with Crippen LogP contribution in [0.25, 0.3) is 5.69 Å². The van der Waals surface area contributed by atoms with Gasteiger partial charge in [-0.1, -0.05) is 11.6 Å². The van der Waals surface area contributed by atoms with Crippen molar-refractivity contribution < 1.29 is 4.79 Å². The van der Waals surface area contributed by atoms with Gasteiger partial charge in [-0.15, -0.1) is 0 Å². The van der Waals surface area contributed by atoms with E-state index in [-0.39, 0.29) is 18.4 Å². The molecule has 1 aromatic heterocycles. The lowest BCUT2D eigenvalue weighted by Gasteiger charge is -2.12. The van der Waals surface area contributed by atoms with Crippen LogP contribution in [0.3, 0.4) is 0 Å². The number of rotatable bonds is 4. The number of nitrogens with two attached hydrogens (primary N) is 1. The van der Waals surface area contributed by atoms with Crippen LogP contribution in [0.2, 0.25) is 5.02 Å². The van der Waals surface area contributed by atoms with E-state index in [4.69, 9.17) is 17.3 Å². The molecule has 1 atom stereocenters. The van der Waals surface area contributed by atoms with Crippen molar-refractivity contribution in [3.05, 3.63) is 35.9 Å². The number of hydrogen-bond acceptors (Lipinski definition) is 4. The highest BCUT2D eigenvalue weighted by atomic mass is 35.5. The smallest absolute Gasteiger partial charge is 0.225 e. The number of carbonyl (C=O) groups excluding carboxylic acids is 1. The molecule has 1 heterocycles. The van der Waals surface area contributed by atoms with Gasteiger partial charge in [0.25, 0.3) is 0 Å². The van der Waals surface area contributed by atoms with Gasteiger partial charge in [0.15, 0.2) is 0 Å². The molecule has 0 spiro atoms. The van der Waals surface area contributed by atoms with Crippen LogP contribution < -0.4 is 11.1 Å². The van der Waals surface area contributed by atoms with Gasteiger partial charge >= 0.3 is 0 Å². The van der Waals surface area contributed by atoms with E-state index in [1.54, 1.807) is 36.1 Å². The fraction of sp³-hybridized carbons (Fsp3) is 0.250. The van der Waals surface area contributed by atoms with Crippen LogP contribution >= 0.6 is 11.6 Å². The lowest BCUT2D eigenvalue weighted by atomic mass is 10.2. The fourth-order valence-corrected chi connectivity index (χ4v) is 1.81. The van der Waals surface area contributed by atoms with Crippen LogP contribution in [0.1, 0.15) is 13.3 Å². The van der Waals surface area contributed by atoms with Gasteiger partial charge in [-0.05, 0) is 25.1 Å². The number of benzene rings is 1. The van der Waals surface area contributed by atoms with E-state index in [1.807, 2.05) is 0 Å². The van der Waals surface area contributed by atoms with Crippen LogP contribution in [-0.2, 0) is 4.79 Å². The lowest BCUT2D eigenvalue weighted by molar-refractivity contribution is -0.116. The first-order chi connectivity index (χ1) is 9.06. The first kappa shape index (κ1) is 13.5. The summed E-state index contributed by atoms with van der Waals surface area (Å²) in [6.45, 7) is 1.77. The van der Waals surface area contributed by atoms with E-state index in [0.29, 0.717) is 16.4 Å². The molecule has 0 saturated carbocycles. The molecule has 0 aliphatic heterocycles. The second-order valence-electron chi connectivity index (χ2n) is 4.23. The number of nitrogens with one attached hydrogen (secondary N) is 1. The van der Waals surface area contributed by atoms with Gasteiger partial charge in [0.2, 0.25) is 5.91 Å². The molecule has 100 valence electrons. The molecule has 7 heteroatoms. The maximum Gasteiger partial charge on any atom is 0.225 e. The Labute approximate surface area is 115 Å². The minimum atomic E-state index is -0.200. The van der Waals surface area contributed by atoms with Crippen LogP contribution in [0.15, 0.2) is 30.9 Å². The largest absolute Gasteiger partial charge is 0.327 e. The highest BCUT2D eigenvalue weighted by Gasteiger charge is 2.11. The minimum Gasteiger partial charge on any atom is -0.327 e. The molecule has 2 rings (SSSR count). The van der Waals surface area contributed by atoms with E-state index in [0.717, 1.165) is 0 Å². The topological polar surface area (TPSA) is 85.8 Å². The Morgan fingerprint density at radius 2 is 2.37 bits per heavy atom. The molecule has 0 fully saturated rings. The van der Waals surface area contributed by atoms with Crippen molar-refractivity contribution in [3.63, 3.8) is 0 Å². The average molecular weight is 280 g/mol. The Balaban J connectivity index is 2.28. The fourth-order valence-electron chi connectivity index (χ4n) is 1.63. The Morgan fingerprint density at radius 3 is 3.00 bits per heavy atom. The van der Waals surface area contributed by atoms with Crippen molar-refractivity contribution in [1.82, 2.24) is 14.8 Å². The molecule has 0 aliphatic carbocycles. The minimum absolute atomic E-state index is 0.168. The van der Waals surface area contributed by atoms with Crippen LogP contribution in [0, 0.1) is 0 Å². The Bertz CT molecular complexity index is 568. The Hall–Kier alpha value is -1.92. The summed E-state index contributed by atoms with van der Waals surface area (Å²) in [6, 6.07) is 4.95. The van der Waals surface area contributed by atoms with Crippen molar-refractivity contribution in [2.75, 3.05) is 5.32 Å². The summed E-state index contributed by atoms with van der Waals surface area (Å²) in [6.07, 6.45) is 3.20. The Kier molecular flexibility index (Phi) is 4.13. The summed E-state index contributed by atoms with van der Waals surface area (Å²) in [5.41, 5.74) is 6.86. The van der Waals surface area contributed by atoms with Gasteiger partial charge in [0.05, 0.1) is 11.4 Å².